The Morgan fingerprint density at radius 2 is 1.80 bits per heavy atom. The third-order valence-corrected chi connectivity index (χ3v) is 3.12. The largest absolute Gasteiger partial charge is 0.492 e. The molecule has 4 nitrogen and oxygen atoms in total. The number of rotatable bonds is 10. The van der Waals surface area contributed by atoms with E-state index >= 15 is 0 Å². The molecular weight excluding hydrogens is 301 g/mol. The van der Waals surface area contributed by atoms with Gasteiger partial charge in [0.1, 0.15) is 5.75 Å². The van der Waals surface area contributed by atoms with Gasteiger partial charge in [-0.25, -0.2) is 0 Å². The summed E-state index contributed by atoms with van der Waals surface area (Å²) in [6.45, 7) is 3.25. The molecule has 1 aromatic carbocycles. The minimum Gasteiger partial charge on any atom is -0.492 e. The van der Waals surface area contributed by atoms with Crippen molar-refractivity contribution in [1.82, 2.24) is 5.32 Å². The van der Waals surface area contributed by atoms with Crippen molar-refractivity contribution in [3.63, 3.8) is 0 Å². The molecule has 0 spiro atoms. The average molecular weight is 322 g/mol. The van der Waals surface area contributed by atoms with Gasteiger partial charge in [0.2, 0.25) is 0 Å². The van der Waals surface area contributed by atoms with E-state index in [1.165, 1.54) is 0 Å². The molecule has 0 aliphatic heterocycles. The Labute approximate surface area is 130 Å². The van der Waals surface area contributed by atoms with Crippen LogP contribution >= 0.6 is 23.2 Å². The van der Waals surface area contributed by atoms with Gasteiger partial charge in [-0.3, -0.25) is 0 Å². The standard InChI is InChI=1S/C14H21Cl2NO3/c1-18-5-3-6-20-14-11(10-17-4-7-19-2)8-12(15)9-13(14)16/h8-9,17H,3-7,10H2,1-2H3. The monoisotopic (exact) mass is 321 g/mol. The maximum absolute atomic E-state index is 6.19. The average Bonchev–Trinajstić information content (AvgIpc) is 2.41. The Hall–Kier alpha value is -0.520. The lowest BCUT2D eigenvalue weighted by Gasteiger charge is -2.14. The van der Waals surface area contributed by atoms with Gasteiger partial charge in [-0.2, -0.15) is 0 Å². The van der Waals surface area contributed by atoms with Crippen LogP contribution in [0.4, 0.5) is 0 Å². The molecule has 0 heterocycles. The highest BCUT2D eigenvalue weighted by molar-refractivity contribution is 6.35. The fourth-order valence-electron chi connectivity index (χ4n) is 1.68. The molecule has 0 saturated carbocycles. The van der Waals surface area contributed by atoms with Crippen LogP contribution in [0.1, 0.15) is 12.0 Å². The predicted octanol–water partition coefficient (Wildman–Crippen LogP) is 3.14. The molecule has 0 aliphatic carbocycles. The van der Waals surface area contributed by atoms with Crippen LogP contribution in [-0.4, -0.2) is 40.6 Å². The van der Waals surface area contributed by atoms with Crippen molar-refractivity contribution in [2.24, 2.45) is 0 Å². The number of methoxy groups -OCH3 is 2. The van der Waals surface area contributed by atoms with E-state index in [2.05, 4.69) is 5.32 Å². The van der Waals surface area contributed by atoms with E-state index in [1.54, 1.807) is 20.3 Å². The molecule has 1 N–H and O–H groups in total. The second kappa shape index (κ2) is 10.2. The fraction of sp³-hybridized carbons (Fsp3) is 0.571. The first kappa shape index (κ1) is 17.5. The highest BCUT2D eigenvalue weighted by Crippen LogP contribution is 2.32. The highest BCUT2D eigenvalue weighted by atomic mass is 35.5. The molecule has 0 bridgehead atoms. The maximum Gasteiger partial charge on any atom is 0.142 e. The molecule has 0 saturated heterocycles. The molecule has 1 aromatic rings. The maximum atomic E-state index is 6.19. The molecule has 0 unspecified atom stereocenters. The number of ether oxygens (including phenoxy) is 3. The zero-order valence-corrected chi connectivity index (χ0v) is 13.4. The number of benzene rings is 1. The van der Waals surface area contributed by atoms with E-state index in [-0.39, 0.29) is 0 Å². The highest BCUT2D eigenvalue weighted by Gasteiger charge is 2.10. The van der Waals surface area contributed by atoms with Gasteiger partial charge in [0.25, 0.3) is 0 Å². The quantitative estimate of drug-likeness (QED) is 0.672. The van der Waals surface area contributed by atoms with Gasteiger partial charge < -0.3 is 19.5 Å². The van der Waals surface area contributed by atoms with Crippen LogP contribution in [-0.2, 0) is 16.0 Å². The zero-order chi connectivity index (χ0) is 14.8. The van der Waals surface area contributed by atoms with Crippen molar-refractivity contribution in [2.45, 2.75) is 13.0 Å². The Kier molecular flexibility index (Phi) is 8.98. The molecule has 0 radical (unpaired) electrons. The third-order valence-electron chi connectivity index (χ3n) is 2.62. The minimum atomic E-state index is 0.526. The first-order chi connectivity index (χ1) is 9.69. The Balaban J connectivity index is 2.63. The molecule has 0 amide bonds. The van der Waals surface area contributed by atoms with Crippen LogP contribution in [0, 0.1) is 0 Å². The van der Waals surface area contributed by atoms with Gasteiger partial charge in [0.15, 0.2) is 0 Å². The van der Waals surface area contributed by atoms with Crippen LogP contribution in [0.5, 0.6) is 5.75 Å². The predicted molar refractivity (Wildman–Crippen MR) is 82.0 cm³/mol. The number of nitrogens with one attached hydrogen (secondary N) is 1. The molecule has 114 valence electrons. The molecule has 6 heteroatoms. The van der Waals surface area contributed by atoms with Crippen molar-refractivity contribution in [1.29, 1.82) is 0 Å². The SMILES string of the molecule is COCCCOc1c(Cl)cc(Cl)cc1CNCCOC. The Morgan fingerprint density at radius 3 is 2.50 bits per heavy atom. The Morgan fingerprint density at radius 1 is 1.05 bits per heavy atom. The normalized spacial score (nSPS) is 10.8. The summed E-state index contributed by atoms with van der Waals surface area (Å²) in [5.41, 5.74) is 0.941. The van der Waals surface area contributed by atoms with Crippen molar-refractivity contribution in [3.8, 4) is 5.75 Å². The summed E-state index contributed by atoms with van der Waals surface area (Å²) in [7, 11) is 3.34. The van der Waals surface area contributed by atoms with Gasteiger partial charge in [-0.1, -0.05) is 23.2 Å². The molecular formula is C14H21Cl2NO3. The van der Waals surface area contributed by atoms with Crippen molar-refractivity contribution in [3.05, 3.63) is 27.7 Å². The van der Waals surface area contributed by atoms with Crippen LogP contribution < -0.4 is 10.1 Å². The summed E-state index contributed by atoms with van der Waals surface area (Å²) < 4.78 is 15.7. The molecule has 0 aromatic heterocycles. The third kappa shape index (κ3) is 6.29. The molecule has 0 fully saturated rings. The van der Waals surface area contributed by atoms with Gasteiger partial charge in [0.05, 0.1) is 18.2 Å². The lowest BCUT2D eigenvalue weighted by Crippen LogP contribution is -2.19. The number of hydrogen-bond donors (Lipinski definition) is 1. The zero-order valence-electron chi connectivity index (χ0n) is 11.9. The Bertz CT molecular complexity index is 402. The molecule has 20 heavy (non-hydrogen) atoms. The summed E-state index contributed by atoms with van der Waals surface area (Å²) in [4.78, 5) is 0. The van der Waals surface area contributed by atoms with E-state index < -0.39 is 0 Å². The summed E-state index contributed by atoms with van der Waals surface area (Å²) in [5, 5.41) is 4.38. The molecule has 1 rings (SSSR count). The number of halogens is 2. The van der Waals surface area contributed by atoms with Crippen LogP contribution in [0.3, 0.4) is 0 Å². The van der Waals surface area contributed by atoms with E-state index in [0.29, 0.717) is 42.2 Å². The van der Waals surface area contributed by atoms with Crippen molar-refractivity contribution >= 4 is 23.2 Å². The van der Waals surface area contributed by atoms with Crippen LogP contribution in [0.15, 0.2) is 12.1 Å². The van der Waals surface area contributed by atoms with Crippen LogP contribution in [0.2, 0.25) is 10.0 Å². The van der Waals surface area contributed by atoms with Gasteiger partial charge >= 0.3 is 0 Å². The van der Waals surface area contributed by atoms with E-state index in [4.69, 9.17) is 37.4 Å². The first-order valence-corrected chi connectivity index (χ1v) is 7.24. The summed E-state index contributed by atoms with van der Waals surface area (Å²) in [6.07, 6.45) is 0.812. The summed E-state index contributed by atoms with van der Waals surface area (Å²) in [5.74, 6) is 0.678. The van der Waals surface area contributed by atoms with Gasteiger partial charge in [0, 0.05) is 50.9 Å². The number of hydrogen-bond acceptors (Lipinski definition) is 4. The molecule has 0 atom stereocenters. The van der Waals surface area contributed by atoms with E-state index in [0.717, 1.165) is 18.5 Å². The smallest absolute Gasteiger partial charge is 0.142 e. The minimum absolute atomic E-state index is 0.526. The molecule has 0 aliphatic rings. The van der Waals surface area contributed by atoms with E-state index in [1.807, 2.05) is 6.07 Å². The second-order valence-electron chi connectivity index (χ2n) is 4.24. The van der Waals surface area contributed by atoms with Crippen LogP contribution in [0.25, 0.3) is 0 Å². The van der Waals surface area contributed by atoms with Gasteiger partial charge in [-0.15, -0.1) is 0 Å². The van der Waals surface area contributed by atoms with Crippen molar-refractivity contribution < 1.29 is 14.2 Å². The van der Waals surface area contributed by atoms with Crippen molar-refractivity contribution in [2.75, 3.05) is 40.6 Å². The lowest BCUT2D eigenvalue weighted by molar-refractivity contribution is 0.171. The topological polar surface area (TPSA) is 39.7 Å². The fourth-order valence-corrected chi connectivity index (χ4v) is 2.27. The lowest BCUT2D eigenvalue weighted by atomic mass is 10.2. The second-order valence-corrected chi connectivity index (χ2v) is 5.08. The van der Waals surface area contributed by atoms with E-state index in [9.17, 15) is 0 Å². The summed E-state index contributed by atoms with van der Waals surface area (Å²) in [6, 6.07) is 3.55. The summed E-state index contributed by atoms with van der Waals surface area (Å²) >= 11 is 12.2. The first-order valence-electron chi connectivity index (χ1n) is 6.48. The van der Waals surface area contributed by atoms with Gasteiger partial charge in [-0.05, 0) is 12.1 Å².